The molecule has 0 unspecified atom stereocenters. The summed E-state index contributed by atoms with van der Waals surface area (Å²) < 4.78 is 9.20. The normalized spacial score (nSPS) is 12.1. The molecule has 2 nitrogen and oxygen atoms in total. The zero-order chi connectivity index (χ0) is 31.7. The summed E-state index contributed by atoms with van der Waals surface area (Å²) in [6, 6.07) is 52.9. The molecule has 0 fully saturated rings. The Morgan fingerprint density at radius 2 is 1.23 bits per heavy atom. The highest BCUT2D eigenvalue weighted by molar-refractivity contribution is 7.26. The van der Waals surface area contributed by atoms with Crippen molar-refractivity contribution in [2.45, 2.75) is 26.2 Å². The van der Waals surface area contributed by atoms with Crippen LogP contribution in [0.25, 0.3) is 64.0 Å². The van der Waals surface area contributed by atoms with Gasteiger partial charge in [0.2, 0.25) is 0 Å². The van der Waals surface area contributed by atoms with Gasteiger partial charge in [0.05, 0.1) is 5.69 Å². The lowest BCUT2D eigenvalue weighted by Crippen LogP contribution is -2.10. The topological polar surface area (TPSA) is 16.4 Å². The number of anilines is 3. The number of thiophene rings is 1. The monoisotopic (exact) mass is 623 g/mol. The molecule has 0 atom stereocenters. The highest BCUT2D eigenvalue weighted by Gasteiger charge is 2.21. The van der Waals surface area contributed by atoms with Crippen LogP contribution in [0, 0.1) is 0 Å². The molecular weight excluding hydrogens is 591 g/mol. The van der Waals surface area contributed by atoms with Crippen molar-refractivity contribution in [2.75, 3.05) is 4.90 Å². The second-order valence-electron chi connectivity index (χ2n) is 13.4. The summed E-state index contributed by atoms with van der Waals surface area (Å²) in [4.78, 5) is 2.41. The number of benzene rings is 7. The molecule has 47 heavy (non-hydrogen) atoms. The highest BCUT2D eigenvalue weighted by atomic mass is 32.1. The van der Waals surface area contributed by atoms with Gasteiger partial charge < -0.3 is 9.32 Å². The Balaban J connectivity index is 1.24. The fraction of sp³-hybridized carbons (Fsp3) is 0.0909. The summed E-state index contributed by atoms with van der Waals surface area (Å²) in [5.74, 6) is 0. The summed E-state index contributed by atoms with van der Waals surface area (Å²) >= 11 is 1.85. The minimum absolute atomic E-state index is 0.0591. The molecule has 3 heteroatoms. The number of hydrogen-bond donors (Lipinski definition) is 0. The van der Waals surface area contributed by atoms with E-state index in [-0.39, 0.29) is 5.41 Å². The first-order valence-corrected chi connectivity index (χ1v) is 17.0. The van der Waals surface area contributed by atoms with E-state index in [1.54, 1.807) is 0 Å². The lowest BCUT2D eigenvalue weighted by atomic mass is 9.86. The number of hydrogen-bond acceptors (Lipinski definition) is 3. The Kier molecular flexibility index (Phi) is 6.28. The van der Waals surface area contributed by atoms with E-state index in [0.29, 0.717) is 0 Å². The molecule has 0 aliphatic rings. The van der Waals surface area contributed by atoms with Crippen molar-refractivity contribution < 1.29 is 4.42 Å². The van der Waals surface area contributed by atoms with Crippen LogP contribution in [0.2, 0.25) is 0 Å². The lowest BCUT2D eigenvalue weighted by Gasteiger charge is -2.27. The van der Waals surface area contributed by atoms with E-state index < -0.39 is 0 Å². The van der Waals surface area contributed by atoms with Crippen molar-refractivity contribution in [2.24, 2.45) is 0 Å². The van der Waals surface area contributed by atoms with Crippen LogP contribution in [0.5, 0.6) is 0 Å². The van der Waals surface area contributed by atoms with Crippen LogP contribution in [-0.4, -0.2) is 0 Å². The molecule has 0 amide bonds. The van der Waals surface area contributed by atoms with Crippen LogP contribution in [-0.2, 0) is 5.41 Å². The number of furan rings is 1. The Hall–Kier alpha value is -5.38. The van der Waals surface area contributed by atoms with Crippen molar-refractivity contribution in [1.82, 2.24) is 0 Å². The van der Waals surface area contributed by atoms with Gasteiger partial charge in [0.1, 0.15) is 11.2 Å². The summed E-state index contributed by atoms with van der Waals surface area (Å²) in [6.45, 7) is 6.73. The van der Waals surface area contributed by atoms with Crippen LogP contribution in [0.15, 0.2) is 150 Å². The van der Waals surface area contributed by atoms with E-state index in [0.717, 1.165) is 44.1 Å². The van der Waals surface area contributed by atoms with Crippen molar-refractivity contribution in [3.63, 3.8) is 0 Å². The molecule has 226 valence electrons. The molecule has 0 saturated carbocycles. The van der Waals surface area contributed by atoms with Gasteiger partial charge in [-0.25, -0.2) is 0 Å². The molecule has 0 saturated heterocycles. The number of nitrogens with zero attached hydrogens (tertiary/aromatic N) is 1. The molecule has 0 bridgehead atoms. The molecule has 0 aliphatic heterocycles. The zero-order valence-electron chi connectivity index (χ0n) is 26.6. The Morgan fingerprint density at radius 1 is 0.532 bits per heavy atom. The maximum absolute atomic E-state index is 6.61. The molecule has 2 aromatic heterocycles. The molecule has 9 rings (SSSR count). The Morgan fingerprint density at radius 3 is 2.06 bits per heavy atom. The number of rotatable bonds is 4. The van der Waals surface area contributed by atoms with Crippen LogP contribution in [0.1, 0.15) is 26.3 Å². The molecule has 9 aromatic rings. The zero-order valence-corrected chi connectivity index (χ0v) is 27.4. The van der Waals surface area contributed by atoms with Crippen LogP contribution in [0.3, 0.4) is 0 Å². The van der Waals surface area contributed by atoms with Gasteiger partial charge in [-0.05, 0) is 88.2 Å². The number of fused-ring (bicyclic) bond motifs is 8. The SMILES string of the molecule is CC(C)(C)c1ccc2c(c1)oc1c3ccc(N(c4ccc(-c5ccccc5)cc4)c4cccc5sc6ccccc6c45)cc3ccc21. The van der Waals surface area contributed by atoms with Gasteiger partial charge in [0, 0.05) is 47.7 Å². The molecule has 0 radical (unpaired) electrons. The van der Waals surface area contributed by atoms with E-state index >= 15 is 0 Å². The van der Waals surface area contributed by atoms with E-state index in [2.05, 4.69) is 171 Å². The first kappa shape index (κ1) is 27.9. The smallest absolute Gasteiger partial charge is 0.143 e. The predicted molar refractivity (Wildman–Crippen MR) is 203 cm³/mol. The van der Waals surface area contributed by atoms with Crippen molar-refractivity contribution in [3.05, 3.63) is 151 Å². The molecule has 0 N–H and O–H groups in total. The minimum Gasteiger partial charge on any atom is -0.455 e. The third kappa shape index (κ3) is 4.61. The second kappa shape index (κ2) is 10.6. The summed E-state index contributed by atoms with van der Waals surface area (Å²) in [7, 11) is 0. The fourth-order valence-corrected chi connectivity index (χ4v) is 8.09. The van der Waals surface area contributed by atoms with E-state index in [1.807, 2.05) is 11.3 Å². The average molecular weight is 624 g/mol. The molecule has 0 aliphatic carbocycles. The standard InChI is InChI=1S/C44H33NOS/c1-44(2,3)31-19-24-35-36-23-18-30-26-33(22-25-34(30)43(36)46-39(35)27-31)45(32-20-16-29(17-21-32)28-10-5-4-6-11-28)38-13-9-15-41-42(38)37-12-7-8-14-40(37)47-41/h4-27H,1-3H3. The van der Waals surface area contributed by atoms with Crippen LogP contribution < -0.4 is 4.90 Å². The van der Waals surface area contributed by atoms with Gasteiger partial charge in [-0.3, -0.25) is 0 Å². The maximum Gasteiger partial charge on any atom is 0.143 e. The van der Waals surface area contributed by atoms with E-state index in [9.17, 15) is 0 Å². The first-order valence-electron chi connectivity index (χ1n) is 16.2. The predicted octanol–water partition coefficient (Wildman–Crippen LogP) is 13.5. The van der Waals surface area contributed by atoms with Crippen molar-refractivity contribution >= 4 is 81.3 Å². The summed E-state index contributed by atoms with van der Waals surface area (Å²) in [5, 5.41) is 7.16. The van der Waals surface area contributed by atoms with Gasteiger partial charge in [-0.1, -0.05) is 106 Å². The van der Waals surface area contributed by atoms with Gasteiger partial charge >= 0.3 is 0 Å². The third-order valence-electron chi connectivity index (χ3n) is 9.42. The molecule has 0 spiro atoms. The molecule has 2 heterocycles. The van der Waals surface area contributed by atoms with Crippen molar-refractivity contribution in [1.29, 1.82) is 0 Å². The van der Waals surface area contributed by atoms with Crippen molar-refractivity contribution in [3.8, 4) is 11.1 Å². The quantitative estimate of drug-likeness (QED) is 0.194. The average Bonchev–Trinajstić information content (AvgIpc) is 3.67. The Bertz CT molecular complexity index is 2600. The summed E-state index contributed by atoms with van der Waals surface area (Å²) in [5.41, 5.74) is 9.04. The largest absolute Gasteiger partial charge is 0.455 e. The van der Waals surface area contributed by atoms with Crippen LogP contribution >= 0.6 is 11.3 Å². The third-order valence-corrected chi connectivity index (χ3v) is 10.6. The molecular formula is C44H33NOS. The lowest BCUT2D eigenvalue weighted by molar-refractivity contribution is 0.588. The van der Waals surface area contributed by atoms with Gasteiger partial charge in [-0.2, -0.15) is 0 Å². The van der Waals surface area contributed by atoms with Crippen LogP contribution in [0.4, 0.5) is 17.1 Å². The second-order valence-corrected chi connectivity index (χ2v) is 14.5. The highest BCUT2D eigenvalue weighted by Crippen LogP contribution is 2.46. The van der Waals surface area contributed by atoms with E-state index in [4.69, 9.17) is 4.42 Å². The molecule has 7 aromatic carbocycles. The summed E-state index contributed by atoms with van der Waals surface area (Å²) in [6.07, 6.45) is 0. The minimum atomic E-state index is 0.0591. The maximum atomic E-state index is 6.61. The van der Waals surface area contributed by atoms with Gasteiger partial charge in [0.25, 0.3) is 0 Å². The Labute approximate surface area is 278 Å². The van der Waals surface area contributed by atoms with Gasteiger partial charge in [0.15, 0.2) is 0 Å². The van der Waals surface area contributed by atoms with Gasteiger partial charge in [-0.15, -0.1) is 11.3 Å². The fourth-order valence-electron chi connectivity index (χ4n) is 6.96. The van der Waals surface area contributed by atoms with E-state index in [1.165, 1.54) is 42.6 Å². The first-order chi connectivity index (χ1) is 22.9.